The average Bonchev–Trinajstić information content (AvgIpc) is 3.18. The summed E-state index contributed by atoms with van der Waals surface area (Å²) in [6, 6.07) is 4.54. The number of aryl methyl sites for hydroxylation is 1. The maximum atomic E-state index is 13.1. The summed E-state index contributed by atoms with van der Waals surface area (Å²) in [5.74, 6) is -0.143. The number of benzene rings is 1. The summed E-state index contributed by atoms with van der Waals surface area (Å²) in [6.07, 6.45) is -3.32. The van der Waals surface area contributed by atoms with Crippen LogP contribution in [0.3, 0.4) is 0 Å². The van der Waals surface area contributed by atoms with Crippen LogP contribution in [0.1, 0.15) is 42.3 Å². The lowest BCUT2D eigenvalue weighted by atomic mass is 10.1. The zero-order chi connectivity index (χ0) is 23.0. The second-order valence-electron chi connectivity index (χ2n) is 7.93. The van der Waals surface area contributed by atoms with Gasteiger partial charge in [-0.25, -0.2) is 13.1 Å². The summed E-state index contributed by atoms with van der Waals surface area (Å²) in [7, 11) is -3.13. The molecule has 1 atom stereocenters. The molecule has 0 N–H and O–H groups in total. The zero-order valence-electron chi connectivity index (χ0n) is 17.7. The number of amides is 1. The maximum Gasteiger partial charge on any atom is 0.416 e. The second-order valence-corrected chi connectivity index (χ2v) is 10.2. The highest BCUT2D eigenvalue weighted by Crippen LogP contribution is 2.31. The molecule has 1 fully saturated rings. The average molecular weight is 458 g/mol. The first-order valence-electron chi connectivity index (χ1n) is 10.2. The molecule has 3 rings (SSSR count). The van der Waals surface area contributed by atoms with Crippen LogP contribution in [0.25, 0.3) is 5.69 Å². The van der Waals surface area contributed by atoms with Crippen LogP contribution in [0.4, 0.5) is 13.2 Å². The van der Waals surface area contributed by atoms with Crippen LogP contribution in [0.15, 0.2) is 24.3 Å². The van der Waals surface area contributed by atoms with Gasteiger partial charge in [0.1, 0.15) is 0 Å². The molecule has 0 bridgehead atoms. The van der Waals surface area contributed by atoms with Gasteiger partial charge in [0.15, 0.2) is 9.84 Å². The van der Waals surface area contributed by atoms with Crippen LogP contribution < -0.4 is 0 Å². The lowest BCUT2D eigenvalue weighted by Gasteiger charge is -2.28. The van der Waals surface area contributed by atoms with E-state index in [-0.39, 0.29) is 35.6 Å². The number of sulfone groups is 1. The van der Waals surface area contributed by atoms with E-state index in [0.717, 1.165) is 12.1 Å². The van der Waals surface area contributed by atoms with Gasteiger partial charge in [0, 0.05) is 23.8 Å². The normalized spacial score (nSPS) is 18.3. The van der Waals surface area contributed by atoms with Crippen LogP contribution >= 0.6 is 0 Å². The Kier molecular flexibility index (Phi) is 6.50. The molecule has 0 radical (unpaired) electrons. The van der Waals surface area contributed by atoms with Crippen LogP contribution in [-0.2, 0) is 27.2 Å². The van der Waals surface area contributed by atoms with Crippen LogP contribution in [0, 0.1) is 13.8 Å². The molecular weight excluding hydrogens is 431 g/mol. The molecule has 0 aliphatic carbocycles. The van der Waals surface area contributed by atoms with E-state index in [2.05, 4.69) is 5.10 Å². The van der Waals surface area contributed by atoms with E-state index in [0.29, 0.717) is 36.3 Å². The van der Waals surface area contributed by atoms with Crippen molar-refractivity contribution in [2.75, 3.05) is 18.1 Å². The van der Waals surface area contributed by atoms with Crippen molar-refractivity contribution >= 4 is 15.7 Å². The Balaban J connectivity index is 1.87. The minimum Gasteiger partial charge on any atom is -0.338 e. The Morgan fingerprint density at radius 3 is 2.58 bits per heavy atom. The minimum absolute atomic E-state index is 0.0210. The maximum absolute atomic E-state index is 13.1. The number of halogens is 3. The smallest absolute Gasteiger partial charge is 0.338 e. The van der Waals surface area contributed by atoms with Crippen molar-refractivity contribution in [3.05, 3.63) is 46.8 Å². The molecule has 170 valence electrons. The van der Waals surface area contributed by atoms with E-state index in [1.807, 2.05) is 6.92 Å². The third kappa shape index (κ3) is 5.11. The fraction of sp³-hybridized carbons (Fsp3) is 0.524. The summed E-state index contributed by atoms with van der Waals surface area (Å²) >= 11 is 0. The van der Waals surface area contributed by atoms with Crippen molar-refractivity contribution in [3.63, 3.8) is 0 Å². The fourth-order valence-electron chi connectivity index (χ4n) is 4.02. The summed E-state index contributed by atoms with van der Waals surface area (Å²) < 4.78 is 64.4. The first kappa shape index (κ1) is 23.3. The second kappa shape index (κ2) is 8.64. The highest BCUT2D eigenvalue weighted by atomic mass is 32.2. The molecule has 1 amide bonds. The third-order valence-corrected chi connectivity index (χ3v) is 7.37. The summed E-state index contributed by atoms with van der Waals surface area (Å²) in [6.45, 7) is 5.81. The number of alkyl halides is 3. The SMILES string of the molecule is CCCN(C(=O)Cc1c(C)nn(-c2cccc(C(F)(F)F)c2)c1C)C1CCS(=O)(=O)C1. The molecule has 1 aliphatic heterocycles. The predicted molar refractivity (Wildman–Crippen MR) is 111 cm³/mol. The number of carbonyl (C=O) groups excluding carboxylic acids is 1. The Morgan fingerprint density at radius 1 is 1.29 bits per heavy atom. The number of nitrogens with zero attached hydrogens (tertiary/aromatic N) is 3. The lowest BCUT2D eigenvalue weighted by Crippen LogP contribution is -2.42. The highest BCUT2D eigenvalue weighted by molar-refractivity contribution is 7.91. The fourth-order valence-corrected chi connectivity index (χ4v) is 5.75. The molecule has 1 unspecified atom stereocenters. The molecule has 31 heavy (non-hydrogen) atoms. The Bertz CT molecular complexity index is 1080. The monoisotopic (exact) mass is 457 g/mol. The van der Waals surface area contributed by atoms with Crippen LogP contribution in [0.2, 0.25) is 0 Å². The van der Waals surface area contributed by atoms with E-state index in [1.165, 1.54) is 16.8 Å². The van der Waals surface area contributed by atoms with Crippen molar-refractivity contribution in [1.82, 2.24) is 14.7 Å². The first-order chi connectivity index (χ1) is 14.4. The number of hydrogen-bond donors (Lipinski definition) is 0. The predicted octanol–water partition coefficient (Wildman–Crippen LogP) is 3.48. The van der Waals surface area contributed by atoms with Gasteiger partial charge in [0.2, 0.25) is 5.91 Å². The van der Waals surface area contributed by atoms with Crippen LogP contribution in [-0.4, -0.2) is 53.1 Å². The van der Waals surface area contributed by atoms with Gasteiger partial charge in [-0.05, 0) is 44.9 Å². The van der Waals surface area contributed by atoms with Crippen molar-refractivity contribution in [3.8, 4) is 5.69 Å². The van der Waals surface area contributed by atoms with Gasteiger partial charge in [-0.3, -0.25) is 4.79 Å². The number of rotatable bonds is 6. The standard InChI is InChI=1S/C21H26F3N3O3S/c1-4-9-26(18-8-10-31(29,30)13-18)20(28)12-19-14(2)25-27(15(19)3)17-7-5-6-16(11-17)21(22,23)24/h5-7,11,18H,4,8-10,12-13H2,1-3H3. The zero-order valence-corrected chi connectivity index (χ0v) is 18.6. The molecule has 1 aliphatic rings. The van der Waals surface area contributed by atoms with Crippen molar-refractivity contribution in [2.24, 2.45) is 0 Å². The molecule has 2 aromatic rings. The van der Waals surface area contributed by atoms with Crippen molar-refractivity contribution in [2.45, 2.75) is 52.3 Å². The van der Waals surface area contributed by atoms with Crippen molar-refractivity contribution < 1.29 is 26.4 Å². The Labute approximate surface area is 180 Å². The van der Waals surface area contributed by atoms with Gasteiger partial charge in [-0.15, -0.1) is 0 Å². The number of carbonyl (C=O) groups is 1. The van der Waals surface area contributed by atoms with Crippen LogP contribution in [0.5, 0.6) is 0 Å². The summed E-state index contributed by atoms with van der Waals surface area (Å²) in [5.41, 5.74) is 1.27. The number of aromatic nitrogens is 2. The van der Waals surface area contributed by atoms with Crippen molar-refractivity contribution in [1.29, 1.82) is 0 Å². The molecule has 1 saturated heterocycles. The van der Waals surface area contributed by atoms with Gasteiger partial charge in [0.25, 0.3) is 0 Å². The van der Waals surface area contributed by atoms with Gasteiger partial charge in [-0.2, -0.15) is 18.3 Å². The summed E-state index contributed by atoms with van der Waals surface area (Å²) in [4.78, 5) is 14.7. The molecule has 1 aromatic heterocycles. The third-order valence-electron chi connectivity index (χ3n) is 5.62. The van der Waals surface area contributed by atoms with Gasteiger partial charge >= 0.3 is 6.18 Å². The Hall–Kier alpha value is -2.36. The van der Waals surface area contributed by atoms with Gasteiger partial charge in [0.05, 0.1) is 34.9 Å². The quantitative estimate of drug-likeness (QED) is 0.666. The minimum atomic E-state index is -4.47. The van der Waals surface area contributed by atoms with Gasteiger partial charge in [-0.1, -0.05) is 13.0 Å². The van der Waals surface area contributed by atoms with E-state index >= 15 is 0 Å². The molecule has 10 heteroatoms. The molecule has 0 saturated carbocycles. The van der Waals surface area contributed by atoms with E-state index in [9.17, 15) is 26.4 Å². The molecule has 1 aromatic carbocycles. The Morgan fingerprint density at radius 2 is 2.00 bits per heavy atom. The summed E-state index contributed by atoms with van der Waals surface area (Å²) in [5, 5.41) is 4.37. The molecule has 0 spiro atoms. The molecular formula is C21H26F3N3O3S. The van der Waals surface area contributed by atoms with Gasteiger partial charge < -0.3 is 4.90 Å². The number of hydrogen-bond acceptors (Lipinski definition) is 4. The largest absolute Gasteiger partial charge is 0.416 e. The first-order valence-corrected chi connectivity index (χ1v) is 12.0. The van der Waals surface area contributed by atoms with E-state index in [4.69, 9.17) is 0 Å². The topological polar surface area (TPSA) is 72.3 Å². The molecule has 6 nitrogen and oxygen atoms in total. The van der Waals surface area contributed by atoms with E-state index < -0.39 is 21.6 Å². The van der Waals surface area contributed by atoms with E-state index in [1.54, 1.807) is 18.7 Å². The highest BCUT2D eigenvalue weighted by Gasteiger charge is 2.35. The lowest BCUT2D eigenvalue weighted by molar-refractivity contribution is -0.137. The molecule has 2 heterocycles.